The van der Waals surface area contributed by atoms with Crippen LogP contribution in [0.5, 0.6) is 0 Å². The summed E-state index contributed by atoms with van der Waals surface area (Å²) in [4.78, 5) is 21.1. The van der Waals surface area contributed by atoms with Crippen molar-refractivity contribution in [2.24, 2.45) is 0 Å². The summed E-state index contributed by atoms with van der Waals surface area (Å²) in [6.07, 6.45) is 4.84. The highest BCUT2D eigenvalue weighted by atomic mass is 35.5. The molecule has 3 rings (SSSR count). The molecule has 1 saturated heterocycles. The van der Waals surface area contributed by atoms with Gasteiger partial charge in [-0.3, -0.25) is 0 Å². The Morgan fingerprint density at radius 3 is 2.76 bits per heavy atom. The number of carboxylic acids is 1. The molecule has 1 N–H and O–H groups in total. The van der Waals surface area contributed by atoms with Gasteiger partial charge >= 0.3 is 5.97 Å². The number of halogens is 1. The van der Waals surface area contributed by atoms with Gasteiger partial charge in [-0.25, -0.2) is 14.8 Å². The molecule has 1 aromatic carbocycles. The van der Waals surface area contributed by atoms with E-state index in [2.05, 4.69) is 14.9 Å². The van der Waals surface area contributed by atoms with Gasteiger partial charge in [0.15, 0.2) is 5.69 Å². The maximum atomic E-state index is 10.8. The molecule has 0 spiro atoms. The summed E-state index contributed by atoms with van der Waals surface area (Å²) in [5.74, 6) is -0.388. The van der Waals surface area contributed by atoms with Gasteiger partial charge in [-0.15, -0.1) is 0 Å². The summed E-state index contributed by atoms with van der Waals surface area (Å²) in [6.45, 7) is 0.858. The van der Waals surface area contributed by atoms with Gasteiger partial charge in [0.2, 0.25) is 0 Å². The molecular formula is C15H14ClN3O2. The van der Waals surface area contributed by atoms with Gasteiger partial charge in [-0.05, 0) is 24.5 Å². The molecule has 0 saturated carbocycles. The minimum atomic E-state index is -1.07. The third-order valence-electron chi connectivity index (χ3n) is 3.67. The quantitative estimate of drug-likeness (QED) is 0.943. The Bertz CT molecular complexity index is 660. The SMILES string of the molecule is O=C(O)c1cnc(N2CCCC2c2ccccc2Cl)cn1. The van der Waals surface area contributed by atoms with Crippen LogP contribution in [-0.4, -0.2) is 27.6 Å². The Hall–Kier alpha value is -2.14. The van der Waals surface area contributed by atoms with Gasteiger partial charge in [-0.2, -0.15) is 0 Å². The molecule has 1 unspecified atom stereocenters. The molecular weight excluding hydrogens is 290 g/mol. The van der Waals surface area contributed by atoms with E-state index in [1.54, 1.807) is 0 Å². The van der Waals surface area contributed by atoms with Crippen molar-refractivity contribution in [3.8, 4) is 0 Å². The molecule has 0 bridgehead atoms. The molecule has 1 atom stereocenters. The minimum absolute atomic E-state index is 0.0489. The molecule has 1 fully saturated rings. The zero-order chi connectivity index (χ0) is 14.8. The van der Waals surface area contributed by atoms with Crippen LogP contribution < -0.4 is 4.90 Å². The van der Waals surface area contributed by atoms with Crippen molar-refractivity contribution in [2.75, 3.05) is 11.4 Å². The summed E-state index contributed by atoms with van der Waals surface area (Å²) in [5, 5.41) is 9.61. The number of hydrogen-bond donors (Lipinski definition) is 1. The van der Waals surface area contributed by atoms with E-state index in [9.17, 15) is 4.79 Å². The topological polar surface area (TPSA) is 66.3 Å². The van der Waals surface area contributed by atoms with Crippen LogP contribution in [0.2, 0.25) is 5.02 Å². The monoisotopic (exact) mass is 303 g/mol. The number of carboxylic acid groups (broad SMARTS) is 1. The first-order chi connectivity index (χ1) is 10.2. The van der Waals surface area contributed by atoms with Gasteiger partial charge in [0.1, 0.15) is 5.82 Å². The molecule has 108 valence electrons. The highest BCUT2D eigenvalue weighted by Gasteiger charge is 2.28. The van der Waals surface area contributed by atoms with Crippen LogP contribution in [0, 0.1) is 0 Å². The van der Waals surface area contributed by atoms with Crippen molar-refractivity contribution in [1.82, 2.24) is 9.97 Å². The first-order valence-electron chi connectivity index (χ1n) is 6.73. The predicted octanol–water partition coefficient (Wildman–Crippen LogP) is 3.17. The molecule has 1 aliphatic rings. The Morgan fingerprint density at radius 2 is 2.10 bits per heavy atom. The van der Waals surface area contributed by atoms with E-state index in [-0.39, 0.29) is 11.7 Å². The third-order valence-corrected chi connectivity index (χ3v) is 4.01. The van der Waals surface area contributed by atoms with Crippen LogP contribution in [0.4, 0.5) is 5.82 Å². The fourth-order valence-corrected chi connectivity index (χ4v) is 2.95. The molecule has 5 nitrogen and oxygen atoms in total. The van der Waals surface area contributed by atoms with Gasteiger partial charge in [0, 0.05) is 11.6 Å². The van der Waals surface area contributed by atoms with Gasteiger partial charge in [0.05, 0.1) is 18.4 Å². The zero-order valence-corrected chi connectivity index (χ0v) is 12.0. The van der Waals surface area contributed by atoms with Crippen LogP contribution in [0.15, 0.2) is 36.7 Å². The summed E-state index contributed by atoms with van der Waals surface area (Å²) >= 11 is 6.28. The van der Waals surface area contributed by atoms with E-state index in [1.807, 2.05) is 24.3 Å². The molecule has 2 heterocycles. The summed E-state index contributed by atoms with van der Waals surface area (Å²) in [7, 11) is 0. The van der Waals surface area contributed by atoms with Crippen LogP contribution in [0.1, 0.15) is 34.9 Å². The van der Waals surface area contributed by atoms with Crippen LogP contribution >= 0.6 is 11.6 Å². The Balaban J connectivity index is 1.90. The fourth-order valence-electron chi connectivity index (χ4n) is 2.69. The normalized spacial score (nSPS) is 18.0. The van der Waals surface area contributed by atoms with Gasteiger partial charge in [0.25, 0.3) is 0 Å². The van der Waals surface area contributed by atoms with Crippen molar-refractivity contribution in [3.63, 3.8) is 0 Å². The largest absolute Gasteiger partial charge is 0.476 e. The molecule has 1 aromatic heterocycles. The predicted molar refractivity (Wildman–Crippen MR) is 79.8 cm³/mol. The maximum absolute atomic E-state index is 10.8. The number of aromatic nitrogens is 2. The number of carbonyl (C=O) groups is 1. The number of rotatable bonds is 3. The summed E-state index contributed by atoms with van der Waals surface area (Å²) in [5.41, 5.74) is 1.02. The van der Waals surface area contributed by atoms with Crippen molar-refractivity contribution in [2.45, 2.75) is 18.9 Å². The van der Waals surface area contributed by atoms with Crippen molar-refractivity contribution in [1.29, 1.82) is 0 Å². The average Bonchev–Trinajstić information content (AvgIpc) is 2.97. The van der Waals surface area contributed by atoms with E-state index in [1.165, 1.54) is 12.4 Å². The first-order valence-corrected chi connectivity index (χ1v) is 7.11. The molecule has 21 heavy (non-hydrogen) atoms. The molecule has 6 heteroatoms. The molecule has 0 aliphatic carbocycles. The maximum Gasteiger partial charge on any atom is 0.356 e. The average molecular weight is 304 g/mol. The minimum Gasteiger partial charge on any atom is -0.476 e. The van der Waals surface area contributed by atoms with E-state index in [0.29, 0.717) is 5.82 Å². The highest BCUT2D eigenvalue weighted by molar-refractivity contribution is 6.31. The van der Waals surface area contributed by atoms with Crippen molar-refractivity contribution >= 4 is 23.4 Å². The van der Waals surface area contributed by atoms with Crippen molar-refractivity contribution in [3.05, 3.63) is 52.9 Å². The number of nitrogens with zero attached hydrogens (tertiary/aromatic N) is 3. The molecule has 1 aliphatic heterocycles. The lowest BCUT2D eigenvalue weighted by molar-refractivity contribution is 0.0690. The summed E-state index contributed by atoms with van der Waals surface area (Å²) in [6, 6.07) is 7.93. The first kappa shape index (κ1) is 13.8. The Labute approximate surface area is 127 Å². The van der Waals surface area contributed by atoms with E-state index < -0.39 is 5.97 Å². The zero-order valence-electron chi connectivity index (χ0n) is 11.2. The van der Waals surface area contributed by atoms with Crippen molar-refractivity contribution < 1.29 is 9.90 Å². The third kappa shape index (κ3) is 2.69. The summed E-state index contributed by atoms with van der Waals surface area (Å²) < 4.78 is 0. The Morgan fingerprint density at radius 1 is 1.29 bits per heavy atom. The van der Waals surface area contributed by atoms with E-state index in [4.69, 9.17) is 16.7 Å². The van der Waals surface area contributed by atoms with E-state index in [0.717, 1.165) is 30.0 Å². The highest BCUT2D eigenvalue weighted by Crippen LogP contribution is 2.37. The second kappa shape index (κ2) is 5.69. The lowest BCUT2D eigenvalue weighted by Gasteiger charge is -2.26. The smallest absolute Gasteiger partial charge is 0.356 e. The van der Waals surface area contributed by atoms with Crippen LogP contribution in [0.3, 0.4) is 0 Å². The second-order valence-electron chi connectivity index (χ2n) is 4.94. The van der Waals surface area contributed by atoms with Gasteiger partial charge in [-0.1, -0.05) is 29.8 Å². The number of benzene rings is 1. The fraction of sp³-hybridized carbons (Fsp3) is 0.267. The molecule has 0 radical (unpaired) electrons. The number of anilines is 1. The molecule has 2 aromatic rings. The van der Waals surface area contributed by atoms with Crippen LogP contribution in [0.25, 0.3) is 0 Å². The number of hydrogen-bond acceptors (Lipinski definition) is 4. The molecule has 0 amide bonds. The van der Waals surface area contributed by atoms with Gasteiger partial charge < -0.3 is 10.0 Å². The lowest BCUT2D eigenvalue weighted by Crippen LogP contribution is -2.24. The lowest BCUT2D eigenvalue weighted by atomic mass is 10.0. The second-order valence-corrected chi connectivity index (χ2v) is 5.35. The standard InChI is InChI=1S/C15H14ClN3O2/c16-11-5-2-1-4-10(11)13-6-3-7-19(13)14-9-17-12(8-18-14)15(20)21/h1-2,4-5,8-9,13H,3,6-7H2,(H,20,21). The number of aromatic carboxylic acids is 1. The Kier molecular flexibility index (Phi) is 3.75. The van der Waals surface area contributed by atoms with Crippen LogP contribution in [-0.2, 0) is 0 Å². The van der Waals surface area contributed by atoms with E-state index >= 15 is 0 Å².